The number of hydrogen-bond donors (Lipinski definition) is 4. The Morgan fingerprint density at radius 2 is 2.20 bits per heavy atom. The van der Waals surface area contributed by atoms with Crippen LogP contribution in [0.25, 0.3) is 6.08 Å². The topological polar surface area (TPSA) is 106 Å². The van der Waals surface area contributed by atoms with Gasteiger partial charge in [0.15, 0.2) is 0 Å². The average molecular weight is 353 g/mol. The minimum absolute atomic E-state index is 0.216. The molecule has 8 heteroatoms. The van der Waals surface area contributed by atoms with Crippen LogP contribution >= 0.6 is 0 Å². The molecule has 2 rings (SSSR count). The molecule has 7 nitrogen and oxygen atoms in total. The van der Waals surface area contributed by atoms with Crippen LogP contribution in [0.4, 0.5) is 4.39 Å². The minimum atomic E-state index is -1.18. The summed E-state index contributed by atoms with van der Waals surface area (Å²) in [5, 5.41) is 32.6. The highest BCUT2D eigenvalue weighted by Gasteiger charge is 2.41. The first-order valence-electron chi connectivity index (χ1n) is 8.24. The molecule has 1 fully saturated rings. The second kappa shape index (κ2) is 9.00. The van der Waals surface area contributed by atoms with Crippen LogP contribution in [-0.4, -0.2) is 75.1 Å². The van der Waals surface area contributed by atoms with Gasteiger partial charge in [0.1, 0.15) is 6.10 Å². The van der Waals surface area contributed by atoms with E-state index in [1.165, 1.54) is 12.3 Å². The van der Waals surface area contributed by atoms with Crippen molar-refractivity contribution < 1.29 is 24.5 Å². The third-order valence-corrected chi connectivity index (χ3v) is 4.31. The standard InChI is InChI=1S/C17H24FN3O4/c1-2-15(23)20-12-9-21(13(10-22)17(25)16(12)24)7-3-4-11-5-6-14(18)19-8-11/h3-6,8,12-13,16-17,22,24-25H,2,7,9-10H2,1H3,(H,20,23)/t12-,13+,16+,17+/m0/s1. The van der Waals surface area contributed by atoms with Gasteiger partial charge in [0.25, 0.3) is 0 Å². The predicted molar refractivity (Wildman–Crippen MR) is 89.9 cm³/mol. The third-order valence-electron chi connectivity index (χ3n) is 4.31. The number of halogens is 1. The second-order valence-corrected chi connectivity index (χ2v) is 6.03. The third kappa shape index (κ3) is 5.05. The van der Waals surface area contributed by atoms with Crippen LogP contribution in [-0.2, 0) is 4.79 Å². The fraction of sp³-hybridized carbons (Fsp3) is 0.529. The van der Waals surface area contributed by atoms with E-state index in [0.717, 1.165) is 5.56 Å². The highest BCUT2D eigenvalue weighted by molar-refractivity contribution is 5.76. The van der Waals surface area contributed by atoms with Crippen molar-refractivity contribution in [2.45, 2.75) is 37.6 Å². The summed E-state index contributed by atoms with van der Waals surface area (Å²) in [5.41, 5.74) is 0.718. The molecule has 1 aliphatic heterocycles. The lowest BCUT2D eigenvalue weighted by molar-refractivity contribution is -0.129. The smallest absolute Gasteiger partial charge is 0.220 e. The van der Waals surface area contributed by atoms with Crippen LogP contribution in [0.5, 0.6) is 0 Å². The highest BCUT2D eigenvalue weighted by atomic mass is 19.1. The molecule has 2 heterocycles. The van der Waals surface area contributed by atoms with E-state index in [9.17, 15) is 24.5 Å². The van der Waals surface area contributed by atoms with Crippen LogP contribution in [0.1, 0.15) is 18.9 Å². The predicted octanol–water partition coefficient (Wildman–Crippen LogP) is -0.473. The van der Waals surface area contributed by atoms with E-state index in [4.69, 9.17) is 0 Å². The van der Waals surface area contributed by atoms with Crippen molar-refractivity contribution in [1.29, 1.82) is 0 Å². The van der Waals surface area contributed by atoms with E-state index in [0.29, 0.717) is 13.1 Å². The van der Waals surface area contributed by atoms with Gasteiger partial charge in [0.05, 0.1) is 24.8 Å². The number of nitrogens with zero attached hydrogens (tertiary/aromatic N) is 2. The molecule has 138 valence electrons. The van der Waals surface area contributed by atoms with E-state index in [-0.39, 0.29) is 18.9 Å². The van der Waals surface area contributed by atoms with Crippen molar-refractivity contribution in [2.75, 3.05) is 19.7 Å². The van der Waals surface area contributed by atoms with Crippen molar-refractivity contribution in [2.24, 2.45) is 0 Å². The maximum Gasteiger partial charge on any atom is 0.220 e. The maximum absolute atomic E-state index is 12.8. The first-order valence-corrected chi connectivity index (χ1v) is 8.24. The lowest BCUT2D eigenvalue weighted by Crippen LogP contribution is -2.66. The number of carbonyl (C=O) groups is 1. The van der Waals surface area contributed by atoms with E-state index in [2.05, 4.69) is 10.3 Å². The molecule has 1 aromatic heterocycles. The lowest BCUT2D eigenvalue weighted by atomic mass is 9.92. The molecule has 0 saturated carbocycles. The summed E-state index contributed by atoms with van der Waals surface area (Å²) < 4.78 is 12.8. The summed E-state index contributed by atoms with van der Waals surface area (Å²) >= 11 is 0. The summed E-state index contributed by atoms with van der Waals surface area (Å²) in [6.07, 6.45) is 2.89. The molecule has 0 bridgehead atoms. The Bertz CT molecular complexity index is 596. The molecule has 4 atom stereocenters. The highest BCUT2D eigenvalue weighted by Crippen LogP contribution is 2.19. The molecule has 0 spiro atoms. The molecule has 0 unspecified atom stereocenters. The number of hydrogen-bond acceptors (Lipinski definition) is 6. The Balaban J connectivity index is 2.04. The molecule has 0 aliphatic carbocycles. The Morgan fingerprint density at radius 1 is 1.44 bits per heavy atom. The summed E-state index contributed by atoms with van der Waals surface area (Å²) in [6, 6.07) is 1.58. The van der Waals surface area contributed by atoms with Crippen LogP contribution in [0, 0.1) is 5.95 Å². The van der Waals surface area contributed by atoms with Crippen molar-refractivity contribution in [3.05, 3.63) is 35.9 Å². The molecule has 25 heavy (non-hydrogen) atoms. The van der Waals surface area contributed by atoms with Crippen LogP contribution in [0.15, 0.2) is 24.4 Å². The summed E-state index contributed by atoms with van der Waals surface area (Å²) in [6.45, 7) is 2.05. The normalized spacial score (nSPS) is 27.6. The summed E-state index contributed by atoms with van der Waals surface area (Å²) in [5.74, 6) is -0.772. The van der Waals surface area contributed by atoms with Crippen LogP contribution in [0.3, 0.4) is 0 Å². The fourth-order valence-corrected chi connectivity index (χ4v) is 2.86. The second-order valence-electron chi connectivity index (χ2n) is 6.03. The molecule has 0 radical (unpaired) electrons. The Morgan fingerprint density at radius 3 is 2.80 bits per heavy atom. The Kier molecular flexibility index (Phi) is 7.01. The number of aliphatic hydroxyl groups is 3. The maximum atomic E-state index is 12.8. The summed E-state index contributed by atoms with van der Waals surface area (Å²) in [4.78, 5) is 16.9. The Hall–Kier alpha value is -1.87. The Labute approximate surface area is 145 Å². The van der Waals surface area contributed by atoms with Gasteiger partial charge in [-0.05, 0) is 17.7 Å². The molecule has 1 saturated heterocycles. The zero-order chi connectivity index (χ0) is 18.4. The van der Waals surface area contributed by atoms with Crippen LogP contribution < -0.4 is 5.32 Å². The average Bonchev–Trinajstić information content (AvgIpc) is 2.61. The first kappa shape index (κ1) is 19.5. The van der Waals surface area contributed by atoms with Gasteiger partial charge >= 0.3 is 0 Å². The van der Waals surface area contributed by atoms with Crippen LogP contribution in [0.2, 0.25) is 0 Å². The van der Waals surface area contributed by atoms with E-state index >= 15 is 0 Å². The SMILES string of the molecule is CCC(=O)N[C@H]1CN(CC=Cc2ccc(F)nc2)[C@H](CO)[C@@H](O)[C@@H]1O. The minimum Gasteiger partial charge on any atom is -0.395 e. The number of likely N-dealkylation sites (tertiary alicyclic amines) is 1. The largest absolute Gasteiger partial charge is 0.395 e. The van der Waals surface area contributed by atoms with Gasteiger partial charge in [-0.3, -0.25) is 9.69 Å². The number of pyridine rings is 1. The van der Waals surface area contributed by atoms with E-state index < -0.39 is 30.2 Å². The molecular weight excluding hydrogens is 329 g/mol. The number of carbonyl (C=O) groups excluding carboxylic acids is 1. The number of piperidine rings is 1. The van der Waals surface area contributed by atoms with Gasteiger partial charge in [-0.1, -0.05) is 19.1 Å². The molecule has 1 aliphatic rings. The van der Waals surface area contributed by atoms with Gasteiger partial charge < -0.3 is 20.6 Å². The van der Waals surface area contributed by atoms with Crippen molar-refractivity contribution in [1.82, 2.24) is 15.2 Å². The first-order chi connectivity index (χ1) is 12.0. The number of amides is 1. The van der Waals surface area contributed by atoms with E-state index in [1.807, 2.05) is 0 Å². The molecular formula is C17H24FN3O4. The number of nitrogens with one attached hydrogen (secondary N) is 1. The van der Waals surface area contributed by atoms with Gasteiger partial charge in [-0.2, -0.15) is 4.39 Å². The van der Waals surface area contributed by atoms with E-state index in [1.54, 1.807) is 30.0 Å². The number of rotatable bonds is 6. The molecule has 0 aromatic carbocycles. The van der Waals surface area contributed by atoms with Crippen molar-refractivity contribution in [3.8, 4) is 0 Å². The zero-order valence-corrected chi connectivity index (χ0v) is 14.0. The molecule has 1 amide bonds. The van der Waals surface area contributed by atoms with Gasteiger partial charge in [0, 0.05) is 25.7 Å². The van der Waals surface area contributed by atoms with Gasteiger partial charge in [-0.15, -0.1) is 0 Å². The quantitative estimate of drug-likeness (QED) is 0.515. The fourth-order valence-electron chi connectivity index (χ4n) is 2.86. The van der Waals surface area contributed by atoms with Crippen molar-refractivity contribution >= 4 is 12.0 Å². The van der Waals surface area contributed by atoms with Crippen molar-refractivity contribution in [3.63, 3.8) is 0 Å². The van der Waals surface area contributed by atoms with Gasteiger partial charge in [0.2, 0.25) is 11.9 Å². The lowest BCUT2D eigenvalue weighted by Gasteiger charge is -2.44. The summed E-state index contributed by atoms with van der Waals surface area (Å²) in [7, 11) is 0. The molecule has 4 N–H and O–H groups in total. The monoisotopic (exact) mass is 353 g/mol. The zero-order valence-electron chi connectivity index (χ0n) is 14.0. The number of aliphatic hydroxyl groups excluding tert-OH is 3. The number of aromatic nitrogens is 1. The molecule has 1 aromatic rings. The van der Waals surface area contributed by atoms with Gasteiger partial charge in [-0.25, -0.2) is 4.98 Å².